The quantitative estimate of drug-likeness (QED) is 0.576. The molecule has 0 saturated heterocycles. The Morgan fingerprint density at radius 2 is 1.96 bits per heavy atom. The first-order valence-electron chi connectivity index (χ1n) is 8.02. The van der Waals surface area contributed by atoms with Crippen LogP contribution < -0.4 is 5.32 Å². The Hall–Kier alpha value is -1.63. The summed E-state index contributed by atoms with van der Waals surface area (Å²) < 4.78 is 0. The Balaban J connectivity index is 0.000000433. The fraction of sp³-hybridized carbons (Fsp3) is 0.588. The van der Waals surface area contributed by atoms with E-state index >= 15 is 0 Å². The minimum atomic E-state index is -0.833. The predicted molar refractivity (Wildman–Crippen MR) is 85.2 cm³/mol. The van der Waals surface area contributed by atoms with Gasteiger partial charge in [-0.2, -0.15) is 0 Å². The van der Waals surface area contributed by atoms with E-state index < -0.39 is 12.1 Å². The van der Waals surface area contributed by atoms with Crippen molar-refractivity contribution in [3.63, 3.8) is 0 Å². The number of aliphatic hydroxyl groups is 2. The van der Waals surface area contributed by atoms with E-state index in [1.54, 1.807) is 12.1 Å². The van der Waals surface area contributed by atoms with E-state index in [1.807, 2.05) is 0 Å². The van der Waals surface area contributed by atoms with Crippen molar-refractivity contribution in [3.8, 4) is 5.75 Å². The molecule has 3 rings (SSSR count). The van der Waals surface area contributed by atoms with Crippen LogP contribution in [-0.4, -0.2) is 38.5 Å². The molecule has 2 atom stereocenters. The lowest BCUT2D eigenvalue weighted by atomic mass is 9.81. The minimum Gasteiger partial charge on any atom is -0.508 e. The van der Waals surface area contributed by atoms with Gasteiger partial charge in [-0.25, -0.2) is 0 Å². The van der Waals surface area contributed by atoms with Crippen molar-refractivity contribution < 1.29 is 25.2 Å². The summed E-state index contributed by atoms with van der Waals surface area (Å²) in [6, 6.07) is 3.99. The second kappa shape index (κ2) is 7.77. The molecule has 23 heavy (non-hydrogen) atoms. The van der Waals surface area contributed by atoms with Crippen LogP contribution in [0.25, 0.3) is 0 Å². The van der Waals surface area contributed by atoms with Gasteiger partial charge in [-0.1, -0.05) is 12.5 Å². The highest BCUT2D eigenvalue weighted by molar-refractivity contribution is 5.62. The number of hydrogen-bond donors (Lipinski definition) is 5. The zero-order chi connectivity index (χ0) is 17.0. The zero-order valence-corrected chi connectivity index (χ0v) is 13.3. The molecule has 0 heterocycles. The molecule has 0 aromatic heterocycles. The van der Waals surface area contributed by atoms with E-state index in [-0.39, 0.29) is 18.4 Å². The number of aromatic hydroxyl groups is 1. The van der Waals surface area contributed by atoms with E-state index in [9.17, 15) is 15.3 Å². The maximum atomic E-state index is 10.5. The first kappa shape index (κ1) is 17.7. The van der Waals surface area contributed by atoms with Crippen molar-refractivity contribution in [2.45, 2.75) is 63.8 Å². The van der Waals surface area contributed by atoms with Gasteiger partial charge in [0.15, 0.2) is 0 Å². The highest BCUT2D eigenvalue weighted by atomic mass is 16.4. The summed E-state index contributed by atoms with van der Waals surface area (Å²) in [6.07, 6.45) is 4.78. The fourth-order valence-electron chi connectivity index (χ4n) is 3.17. The Bertz CT molecular complexity index is 552. The van der Waals surface area contributed by atoms with Crippen molar-refractivity contribution in [1.82, 2.24) is 5.32 Å². The Morgan fingerprint density at radius 3 is 2.48 bits per heavy atom. The molecule has 0 aliphatic heterocycles. The van der Waals surface area contributed by atoms with E-state index in [0.29, 0.717) is 11.6 Å². The van der Waals surface area contributed by atoms with Crippen LogP contribution in [-0.2, 0) is 17.8 Å². The van der Waals surface area contributed by atoms with Gasteiger partial charge in [0.1, 0.15) is 5.75 Å². The summed E-state index contributed by atoms with van der Waals surface area (Å²) in [4.78, 5) is 9.00. The van der Waals surface area contributed by atoms with Gasteiger partial charge in [-0.15, -0.1) is 0 Å². The van der Waals surface area contributed by atoms with Crippen LogP contribution in [0.3, 0.4) is 0 Å². The number of rotatable bonds is 3. The topological polar surface area (TPSA) is 110 Å². The van der Waals surface area contributed by atoms with Crippen LogP contribution in [0.15, 0.2) is 12.1 Å². The standard InChI is InChI=1S/C15H21NO3.C2H4O2/c17-8-12-10-4-6-13(16-9-2-1-3-9)15(19)11(10)5-7-14(12)18;1-2(3)4/h5,7,9,13,15-19H,1-4,6,8H2;1H3,(H,3,4)/t13-,15-;/m1./s1. The third kappa shape index (κ3) is 4.22. The molecule has 6 nitrogen and oxygen atoms in total. The van der Waals surface area contributed by atoms with E-state index in [1.165, 1.54) is 19.3 Å². The number of hydrogen-bond acceptors (Lipinski definition) is 5. The predicted octanol–water partition coefficient (Wildman–Crippen LogP) is 1.47. The molecule has 128 valence electrons. The van der Waals surface area contributed by atoms with Crippen LogP contribution in [0.4, 0.5) is 0 Å². The molecule has 2 aliphatic carbocycles. The molecule has 1 aromatic carbocycles. The molecular formula is C17H25NO5. The van der Waals surface area contributed by atoms with Crippen LogP contribution in [0, 0.1) is 0 Å². The van der Waals surface area contributed by atoms with Gasteiger partial charge in [0.05, 0.1) is 12.7 Å². The summed E-state index contributed by atoms with van der Waals surface area (Å²) in [5.41, 5.74) is 2.34. The van der Waals surface area contributed by atoms with Gasteiger partial charge < -0.3 is 25.7 Å². The molecule has 1 aromatic rings. The molecule has 1 fully saturated rings. The maximum absolute atomic E-state index is 10.5. The lowest BCUT2D eigenvalue weighted by Gasteiger charge is -2.37. The largest absolute Gasteiger partial charge is 0.508 e. The molecule has 0 radical (unpaired) electrons. The molecule has 0 unspecified atom stereocenters. The summed E-state index contributed by atoms with van der Waals surface area (Å²) >= 11 is 0. The fourth-order valence-corrected chi connectivity index (χ4v) is 3.17. The van der Waals surface area contributed by atoms with Crippen molar-refractivity contribution in [2.24, 2.45) is 0 Å². The van der Waals surface area contributed by atoms with E-state index in [0.717, 1.165) is 30.9 Å². The van der Waals surface area contributed by atoms with E-state index in [2.05, 4.69) is 5.32 Å². The first-order valence-corrected chi connectivity index (χ1v) is 8.02. The highest BCUT2D eigenvalue weighted by Crippen LogP contribution is 2.36. The average molecular weight is 323 g/mol. The molecule has 2 aliphatic rings. The molecular weight excluding hydrogens is 298 g/mol. The van der Waals surface area contributed by atoms with Crippen LogP contribution in [0.1, 0.15) is 55.4 Å². The van der Waals surface area contributed by atoms with E-state index in [4.69, 9.17) is 9.90 Å². The molecule has 0 spiro atoms. The smallest absolute Gasteiger partial charge is 0.300 e. The third-order valence-corrected chi connectivity index (χ3v) is 4.56. The number of carbonyl (C=O) groups is 1. The van der Waals surface area contributed by atoms with Crippen molar-refractivity contribution in [1.29, 1.82) is 0 Å². The summed E-state index contributed by atoms with van der Waals surface area (Å²) in [6.45, 7) is 0.905. The van der Waals surface area contributed by atoms with Gasteiger partial charge in [0.2, 0.25) is 0 Å². The Morgan fingerprint density at radius 1 is 1.30 bits per heavy atom. The van der Waals surface area contributed by atoms with Crippen LogP contribution in [0.5, 0.6) is 5.75 Å². The highest BCUT2D eigenvalue weighted by Gasteiger charge is 2.32. The maximum Gasteiger partial charge on any atom is 0.300 e. The lowest BCUT2D eigenvalue weighted by Crippen LogP contribution is -2.47. The van der Waals surface area contributed by atoms with Gasteiger partial charge >= 0.3 is 0 Å². The van der Waals surface area contributed by atoms with Gasteiger partial charge in [-0.3, -0.25) is 4.79 Å². The monoisotopic (exact) mass is 323 g/mol. The third-order valence-electron chi connectivity index (χ3n) is 4.56. The lowest BCUT2D eigenvalue weighted by molar-refractivity contribution is -0.134. The second-order valence-electron chi connectivity index (χ2n) is 6.19. The number of nitrogens with one attached hydrogen (secondary N) is 1. The second-order valence-corrected chi connectivity index (χ2v) is 6.19. The molecule has 0 bridgehead atoms. The number of aliphatic carboxylic acids is 1. The number of phenols is 1. The first-order chi connectivity index (χ1) is 10.9. The SMILES string of the molecule is CC(=O)O.OCc1c(O)ccc2c1CC[C@@H](NC1CCC1)[C@@H]2O. The number of fused-ring (bicyclic) bond motifs is 1. The number of carboxylic acid groups (broad SMARTS) is 1. The summed E-state index contributed by atoms with van der Waals surface area (Å²) in [7, 11) is 0. The zero-order valence-electron chi connectivity index (χ0n) is 13.3. The number of aliphatic hydroxyl groups excluding tert-OH is 2. The molecule has 5 N–H and O–H groups in total. The summed E-state index contributed by atoms with van der Waals surface area (Å²) in [5, 5.41) is 40.5. The van der Waals surface area contributed by atoms with Crippen LogP contribution >= 0.6 is 0 Å². The van der Waals surface area contributed by atoms with Crippen molar-refractivity contribution in [3.05, 3.63) is 28.8 Å². The van der Waals surface area contributed by atoms with Crippen molar-refractivity contribution in [2.75, 3.05) is 0 Å². The van der Waals surface area contributed by atoms with Gasteiger partial charge in [-0.05, 0) is 42.9 Å². The van der Waals surface area contributed by atoms with Crippen LogP contribution in [0.2, 0.25) is 0 Å². The van der Waals surface area contributed by atoms with Gasteiger partial charge in [0, 0.05) is 24.6 Å². The Kier molecular flexibility index (Phi) is 5.98. The normalized spacial score (nSPS) is 23.3. The number of benzene rings is 1. The minimum absolute atomic E-state index is 0.0916. The molecule has 0 amide bonds. The van der Waals surface area contributed by atoms with Gasteiger partial charge in [0.25, 0.3) is 5.97 Å². The Labute approximate surface area is 135 Å². The van der Waals surface area contributed by atoms with Crippen molar-refractivity contribution >= 4 is 5.97 Å². The number of carboxylic acids is 1. The molecule has 1 saturated carbocycles. The summed E-state index contributed by atoms with van der Waals surface area (Å²) in [5.74, 6) is -0.709. The average Bonchev–Trinajstić information content (AvgIpc) is 2.44. The molecule has 6 heteroatoms.